The Bertz CT molecular complexity index is 1440. The van der Waals surface area contributed by atoms with Crippen LogP contribution in [0.3, 0.4) is 0 Å². The minimum atomic E-state index is -0.0139. The molecule has 0 aliphatic carbocycles. The fourth-order valence-electron chi connectivity index (χ4n) is 5.78. The number of hydrogen-bond donors (Lipinski definition) is 1. The van der Waals surface area contributed by atoms with Gasteiger partial charge in [0.2, 0.25) is 0 Å². The molecule has 3 nitrogen and oxygen atoms in total. The zero-order chi connectivity index (χ0) is 23.4. The summed E-state index contributed by atoms with van der Waals surface area (Å²) in [4.78, 5) is 4.73. The van der Waals surface area contributed by atoms with E-state index in [0.717, 1.165) is 21.9 Å². The monoisotopic (exact) mass is 432 g/mol. The van der Waals surface area contributed by atoms with E-state index in [-0.39, 0.29) is 12.6 Å². The third kappa shape index (κ3) is 3.41. The number of benzene rings is 3. The maximum atomic E-state index is 10.3. The van der Waals surface area contributed by atoms with E-state index in [0.29, 0.717) is 0 Å². The predicted octanol–water partition coefficient (Wildman–Crippen LogP) is 5.40. The van der Waals surface area contributed by atoms with E-state index in [9.17, 15) is 5.11 Å². The van der Waals surface area contributed by atoms with Crippen LogP contribution >= 0.6 is 0 Å². The predicted molar refractivity (Wildman–Crippen MR) is 141 cm³/mol. The van der Waals surface area contributed by atoms with Crippen molar-refractivity contribution in [3.8, 4) is 5.75 Å². The van der Waals surface area contributed by atoms with Gasteiger partial charge in [0.25, 0.3) is 0 Å². The fourth-order valence-corrected chi connectivity index (χ4v) is 5.78. The van der Waals surface area contributed by atoms with Gasteiger partial charge < -0.3 is 9.58 Å². The molecule has 2 aromatic heterocycles. The fraction of sp³-hybridized carbons (Fsp3) is 0.207. The molecular formula is C29H29BN2O. The van der Waals surface area contributed by atoms with E-state index < -0.39 is 0 Å². The minimum absolute atomic E-state index is 0.0139. The van der Waals surface area contributed by atoms with Gasteiger partial charge in [0, 0.05) is 17.1 Å². The van der Waals surface area contributed by atoms with Gasteiger partial charge in [0.05, 0.1) is 11.0 Å². The first-order valence-electron chi connectivity index (χ1n) is 11.5. The van der Waals surface area contributed by atoms with E-state index in [1.54, 1.807) is 6.07 Å². The molecule has 0 amide bonds. The van der Waals surface area contributed by atoms with Gasteiger partial charge in [-0.15, -0.1) is 0 Å². The first kappa shape index (κ1) is 21.3. The van der Waals surface area contributed by atoms with Crippen molar-refractivity contribution in [1.29, 1.82) is 0 Å². The average Bonchev–Trinajstić information content (AvgIpc) is 3.04. The molecule has 33 heavy (non-hydrogen) atoms. The Labute approximate surface area is 195 Å². The lowest BCUT2D eigenvalue weighted by molar-refractivity contribution is 0.476. The van der Waals surface area contributed by atoms with Gasteiger partial charge >= 0.3 is 6.85 Å². The van der Waals surface area contributed by atoms with Crippen LogP contribution in [-0.4, -0.2) is 21.4 Å². The molecule has 0 radical (unpaired) electrons. The molecule has 0 spiro atoms. The summed E-state index contributed by atoms with van der Waals surface area (Å²) < 4.78 is 2.42. The second kappa shape index (κ2) is 7.81. The first-order valence-corrected chi connectivity index (χ1v) is 11.5. The highest BCUT2D eigenvalue weighted by Crippen LogP contribution is 2.31. The normalized spacial score (nSPS) is 11.5. The quantitative estimate of drug-likeness (QED) is 0.388. The maximum absolute atomic E-state index is 10.3. The Morgan fingerprint density at radius 1 is 0.697 bits per heavy atom. The molecular weight excluding hydrogens is 403 g/mol. The van der Waals surface area contributed by atoms with Crippen LogP contribution in [0.1, 0.15) is 33.4 Å². The van der Waals surface area contributed by atoms with Crippen molar-refractivity contribution in [3.05, 3.63) is 94.2 Å². The molecule has 0 unspecified atom stereocenters. The van der Waals surface area contributed by atoms with Crippen LogP contribution in [0.2, 0.25) is 0 Å². The summed E-state index contributed by atoms with van der Waals surface area (Å²) >= 11 is 0. The molecule has 3 aromatic carbocycles. The summed E-state index contributed by atoms with van der Waals surface area (Å²) in [6.07, 6.45) is 1.83. The van der Waals surface area contributed by atoms with E-state index in [1.165, 1.54) is 44.3 Å². The Balaban J connectivity index is 1.99. The molecule has 0 bridgehead atoms. The van der Waals surface area contributed by atoms with Crippen molar-refractivity contribution in [1.82, 2.24) is 9.46 Å². The molecule has 0 fully saturated rings. The highest BCUT2D eigenvalue weighted by atomic mass is 16.3. The number of nitrogens with zero attached hydrogens (tertiary/aromatic N) is 2. The van der Waals surface area contributed by atoms with Crippen LogP contribution < -0.4 is 10.9 Å². The van der Waals surface area contributed by atoms with Gasteiger partial charge in [0.15, 0.2) is 0 Å². The highest BCUT2D eigenvalue weighted by molar-refractivity contribution is 6.86. The summed E-state index contributed by atoms with van der Waals surface area (Å²) in [5, 5.41) is 11.2. The second-order valence-electron chi connectivity index (χ2n) is 9.47. The molecule has 0 saturated carbocycles. The van der Waals surface area contributed by atoms with Crippen LogP contribution in [0.25, 0.3) is 21.9 Å². The summed E-state index contributed by atoms with van der Waals surface area (Å²) in [6, 6.07) is 18.9. The SMILES string of the molecule is Cc1cc(C)c(B(c2c(C)cc(C)cc2C)n2c3ccc(O)cc3c3ncccc32)c(C)c1. The van der Waals surface area contributed by atoms with Gasteiger partial charge in [-0.25, -0.2) is 0 Å². The molecule has 0 aliphatic rings. The van der Waals surface area contributed by atoms with Crippen LogP contribution in [0.5, 0.6) is 5.75 Å². The number of pyridine rings is 1. The summed E-state index contributed by atoms with van der Waals surface area (Å²) in [7, 11) is 0. The molecule has 5 rings (SSSR count). The largest absolute Gasteiger partial charge is 0.508 e. The van der Waals surface area contributed by atoms with Gasteiger partial charge in [-0.05, 0) is 82.8 Å². The number of phenols is 1. The number of hydrogen-bond acceptors (Lipinski definition) is 2. The number of aryl methyl sites for hydroxylation is 6. The van der Waals surface area contributed by atoms with Crippen molar-refractivity contribution in [3.63, 3.8) is 0 Å². The van der Waals surface area contributed by atoms with Crippen molar-refractivity contribution in [2.24, 2.45) is 0 Å². The summed E-state index contributed by atoms with van der Waals surface area (Å²) in [5.41, 5.74) is 13.4. The molecule has 164 valence electrons. The summed E-state index contributed by atoms with van der Waals surface area (Å²) in [6.45, 7) is 13.2. The average molecular weight is 432 g/mol. The third-order valence-electron chi connectivity index (χ3n) is 6.82. The number of aromatic nitrogens is 2. The second-order valence-corrected chi connectivity index (χ2v) is 9.47. The van der Waals surface area contributed by atoms with Gasteiger partial charge in [-0.3, -0.25) is 4.98 Å². The highest BCUT2D eigenvalue weighted by Gasteiger charge is 2.32. The Morgan fingerprint density at radius 2 is 1.24 bits per heavy atom. The van der Waals surface area contributed by atoms with E-state index in [4.69, 9.17) is 4.98 Å². The molecule has 0 atom stereocenters. The molecule has 0 aliphatic heterocycles. The van der Waals surface area contributed by atoms with Gasteiger partial charge in [-0.1, -0.05) is 57.6 Å². The number of rotatable bonds is 3. The topological polar surface area (TPSA) is 38.0 Å². The van der Waals surface area contributed by atoms with Crippen molar-refractivity contribution >= 4 is 39.7 Å². The zero-order valence-electron chi connectivity index (χ0n) is 20.2. The Kier molecular flexibility index (Phi) is 5.04. The summed E-state index contributed by atoms with van der Waals surface area (Å²) in [5.74, 6) is 0.258. The Hall–Kier alpha value is -3.53. The van der Waals surface area contributed by atoms with E-state index in [1.807, 2.05) is 24.4 Å². The van der Waals surface area contributed by atoms with Crippen molar-refractivity contribution < 1.29 is 5.11 Å². The Morgan fingerprint density at radius 3 is 1.79 bits per heavy atom. The lowest BCUT2D eigenvalue weighted by Crippen LogP contribution is -2.53. The maximum Gasteiger partial charge on any atom is 0.329 e. The molecule has 4 heteroatoms. The van der Waals surface area contributed by atoms with Gasteiger partial charge in [0.1, 0.15) is 5.75 Å². The lowest BCUT2D eigenvalue weighted by Gasteiger charge is -2.26. The molecule has 1 N–H and O–H groups in total. The van der Waals surface area contributed by atoms with Crippen LogP contribution in [-0.2, 0) is 0 Å². The third-order valence-corrected chi connectivity index (χ3v) is 6.82. The number of aromatic hydroxyl groups is 1. The standard InChI is InChI=1S/C29H29BN2O/c1-17-12-19(3)27(20(4)13-17)30(28-21(5)14-18(2)15-22(28)6)32-25-10-9-23(33)16-24(25)29-26(32)8-7-11-31-29/h7-16,33H,1-6H3. The van der Waals surface area contributed by atoms with Crippen LogP contribution in [0, 0.1) is 41.5 Å². The van der Waals surface area contributed by atoms with Gasteiger partial charge in [-0.2, -0.15) is 0 Å². The first-order chi connectivity index (χ1) is 15.8. The lowest BCUT2D eigenvalue weighted by atomic mass is 9.46. The molecule has 0 saturated heterocycles. The minimum Gasteiger partial charge on any atom is -0.508 e. The molecule has 5 aromatic rings. The number of fused-ring (bicyclic) bond motifs is 3. The number of phenolic OH excluding ortho intramolecular Hbond substituents is 1. The zero-order valence-corrected chi connectivity index (χ0v) is 20.2. The van der Waals surface area contributed by atoms with Crippen LogP contribution in [0.4, 0.5) is 0 Å². The smallest absolute Gasteiger partial charge is 0.329 e. The molecule has 2 heterocycles. The van der Waals surface area contributed by atoms with Crippen LogP contribution in [0.15, 0.2) is 60.8 Å². The van der Waals surface area contributed by atoms with Crippen molar-refractivity contribution in [2.45, 2.75) is 41.5 Å². The van der Waals surface area contributed by atoms with E-state index in [2.05, 4.69) is 76.4 Å². The van der Waals surface area contributed by atoms with E-state index >= 15 is 0 Å². The van der Waals surface area contributed by atoms with Crippen molar-refractivity contribution in [2.75, 3.05) is 0 Å².